The number of benzene rings is 2. The summed E-state index contributed by atoms with van der Waals surface area (Å²) in [5.74, 6) is 1.03. The highest BCUT2D eigenvalue weighted by Gasteiger charge is 2.09. The maximum atomic E-state index is 13.3. The number of fused-ring (bicyclic) bond motifs is 1. The van der Waals surface area contributed by atoms with Gasteiger partial charge in [-0.05, 0) is 51.1 Å². The van der Waals surface area contributed by atoms with Crippen LogP contribution in [-0.4, -0.2) is 4.98 Å². The van der Waals surface area contributed by atoms with Crippen molar-refractivity contribution in [1.82, 2.24) is 4.98 Å². The molecule has 2 nitrogen and oxygen atoms in total. The second kappa shape index (κ2) is 6.00. The van der Waals surface area contributed by atoms with E-state index in [1.165, 1.54) is 6.07 Å². The van der Waals surface area contributed by atoms with Crippen LogP contribution in [0.5, 0.6) is 11.6 Å². The minimum absolute atomic E-state index is 0.336. The van der Waals surface area contributed by atoms with Gasteiger partial charge in [-0.15, -0.1) is 11.6 Å². The lowest BCUT2D eigenvalue weighted by Gasteiger charge is -2.10. The summed E-state index contributed by atoms with van der Waals surface area (Å²) < 4.78 is 19.4. The first-order valence-electron chi connectivity index (χ1n) is 6.24. The van der Waals surface area contributed by atoms with Gasteiger partial charge in [0.2, 0.25) is 5.88 Å². The van der Waals surface area contributed by atoms with E-state index < -0.39 is 0 Å². The molecule has 2 aromatic carbocycles. The van der Waals surface area contributed by atoms with Crippen molar-refractivity contribution in [3.63, 3.8) is 0 Å². The summed E-state index contributed by atoms with van der Waals surface area (Å²) in [6, 6.07) is 12.2. The summed E-state index contributed by atoms with van der Waals surface area (Å²) in [7, 11) is 0. The molecule has 0 aliphatic rings. The first kappa shape index (κ1) is 14.3. The van der Waals surface area contributed by atoms with Gasteiger partial charge in [0.15, 0.2) is 0 Å². The van der Waals surface area contributed by atoms with E-state index >= 15 is 0 Å². The number of ether oxygens (including phenoxy) is 1. The molecule has 0 aliphatic heterocycles. The standard InChI is InChI=1S/C16H10BrClFNO/c17-14-7-11(5-6-15(14)19)21-16-13-4-2-1-3-12(13)10(8-18)9-20-16/h1-7,9H,8H2. The van der Waals surface area contributed by atoms with Crippen LogP contribution < -0.4 is 4.74 Å². The highest BCUT2D eigenvalue weighted by Crippen LogP contribution is 2.31. The molecule has 5 heteroatoms. The van der Waals surface area contributed by atoms with E-state index in [4.69, 9.17) is 16.3 Å². The zero-order chi connectivity index (χ0) is 14.8. The lowest BCUT2D eigenvalue weighted by molar-refractivity contribution is 0.466. The molecule has 0 bridgehead atoms. The summed E-state index contributed by atoms with van der Waals surface area (Å²) in [5.41, 5.74) is 0.944. The molecule has 0 saturated carbocycles. The minimum Gasteiger partial charge on any atom is -0.438 e. The SMILES string of the molecule is Fc1ccc(Oc2ncc(CCl)c3ccccc23)cc1Br. The van der Waals surface area contributed by atoms with Crippen LogP contribution in [0.15, 0.2) is 53.1 Å². The van der Waals surface area contributed by atoms with Crippen molar-refractivity contribution < 1.29 is 9.13 Å². The summed E-state index contributed by atoms with van der Waals surface area (Å²) in [5, 5.41) is 1.87. The average molecular weight is 367 g/mol. The Morgan fingerprint density at radius 2 is 1.90 bits per heavy atom. The van der Waals surface area contributed by atoms with Crippen LogP contribution in [0.1, 0.15) is 5.56 Å². The van der Waals surface area contributed by atoms with E-state index in [-0.39, 0.29) is 5.82 Å². The second-order valence-electron chi connectivity index (χ2n) is 4.45. The van der Waals surface area contributed by atoms with Crippen LogP contribution in [0.2, 0.25) is 0 Å². The molecule has 0 N–H and O–H groups in total. The smallest absolute Gasteiger partial charge is 0.227 e. The minimum atomic E-state index is -0.336. The van der Waals surface area contributed by atoms with Gasteiger partial charge in [0.25, 0.3) is 0 Å². The largest absolute Gasteiger partial charge is 0.438 e. The maximum absolute atomic E-state index is 13.3. The Labute approximate surface area is 134 Å². The monoisotopic (exact) mass is 365 g/mol. The normalized spacial score (nSPS) is 10.8. The van der Waals surface area contributed by atoms with Gasteiger partial charge < -0.3 is 4.74 Å². The van der Waals surface area contributed by atoms with Crippen LogP contribution in [0.4, 0.5) is 4.39 Å². The van der Waals surface area contributed by atoms with Gasteiger partial charge in [-0.25, -0.2) is 9.37 Å². The third-order valence-electron chi connectivity index (χ3n) is 3.09. The van der Waals surface area contributed by atoms with Gasteiger partial charge in [-0.1, -0.05) is 18.2 Å². The fourth-order valence-electron chi connectivity index (χ4n) is 2.07. The molecule has 0 unspecified atom stereocenters. The van der Waals surface area contributed by atoms with Crippen molar-refractivity contribution in [1.29, 1.82) is 0 Å². The first-order valence-corrected chi connectivity index (χ1v) is 7.57. The molecule has 1 heterocycles. The van der Waals surface area contributed by atoms with E-state index in [0.717, 1.165) is 16.3 Å². The Morgan fingerprint density at radius 1 is 1.14 bits per heavy atom. The number of hydrogen-bond donors (Lipinski definition) is 0. The molecule has 3 aromatic rings. The van der Waals surface area contributed by atoms with Gasteiger partial charge in [0.05, 0.1) is 4.47 Å². The van der Waals surface area contributed by atoms with Crippen molar-refractivity contribution in [3.05, 3.63) is 64.5 Å². The van der Waals surface area contributed by atoms with E-state index in [0.29, 0.717) is 22.0 Å². The highest BCUT2D eigenvalue weighted by molar-refractivity contribution is 9.10. The van der Waals surface area contributed by atoms with E-state index in [2.05, 4.69) is 20.9 Å². The van der Waals surface area contributed by atoms with Crippen LogP contribution >= 0.6 is 27.5 Å². The molecule has 106 valence electrons. The summed E-state index contributed by atoms with van der Waals surface area (Å²) in [4.78, 5) is 4.31. The Kier molecular flexibility index (Phi) is 4.08. The van der Waals surface area contributed by atoms with Crippen LogP contribution in [-0.2, 0) is 5.88 Å². The van der Waals surface area contributed by atoms with Gasteiger partial charge in [-0.3, -0.25) is 0 Å². The summed E-state index contributed by atoms with van der Waals surface area (Å²) in [6.45, 7) is 0. The molecular weight excluding hydrogens is 357 g/mol. The lowest BCUT2D eigenvalue weighted by Crippen LogP contribution is -1.93. The van der Waals surface area contributed by atoms with Crippen molar-refractivity contribution in [2.75, 3.05) is 0 Å². The van der Waals surface area contributed by atoms with E-state index in [1.54, 1.807) is 18.3 Å². The molecule has 21 heavy (non-hydrogen) atoms. The quantitative estimate of drug-likeness (QED) is 0.557. The highest BCUT2D eigenvalue weighted by atomic mass is 79.9. The van der Waals surface area contributed by atoms with Crippen LogP contribution in [0, 0.1) is 5.82 Å². The molecular formula is C16H10BrClFNO. The Bertz CT molecular complexity index is 809. The molecule has 0 aliphatic carbocycles. The molecule has 0 fully saturated rings. The number of hydrogen-bond acceptors (Lipinski definition) is 2. The molecule has 0 amide bonds. The molecule has 1 aromatic heterocycles. The zero-order valence-electron chi connectivity index (χ0n) is 10.8. The third-order valence-corrected chi connectivity index (χ3v) is 3.99. The number of alkyl halides is 1. The van der Waals surface area contributed by atoms with Gasteiger partial charge in [-0.2, -0.15) is 0 Å². The van der Waals surface area contributed by atoms with Crippen LogP contribution in [0.3, 0.4) is 0 Å². The second-order valence-corrected chi connectivity index (χ2v) is 5.57. The number of aromatic nitrogens is 1. The number of rotatable bonds is 3. The van der Waals surface area contributed by atoms with Gasteiger partial charge >= 0.3 is 0 Å². The van der Waals surface area contributed by atoms with Crippen LogP contribution in [0.25, 0.3) is 10.8 Å². The molecule has 0 spiro atoms. The molecule has 3 rings (SSSR count). The maximum Gasteiger partial charge on any atom is 0.227 e. The predicted molar refractivity (Wildman–Crippen MR) is 85.5 cm³/mol. The van der Waals surface area contributed by atoms with Gasteiger partial charge in [0, 0.05) is 17.5 Å². The van der Waals surface area contributed by atoms with Crippen molar-refractivity contribution >= 4 is 38.3 Å². The Hall–Kier alpha value is -1.65. The first-order chi connectivity index (χ1) is 10.2. The van der Waals surface area contributed by atoms with Gasteiger partial charge in [0.1, 0.15) is 11.6 Å². The fraction of sp³-hybridized carbons (Fsp3) is 0.0625. The van der Waals surface area contributed by atoms with E-state index in [9.17, 15) is 4.39 Å². The topological polar surface area (TPSA) is 22.1 Å². The summed E-state index contributed by atoms with van der Waals surface area (Å²) in [6.07, 6.45) is 1.70. The Morgan fingerprint density at radius 3 is 2.62 bits per heavy atom. The molecule has 0 saturated heterocycles. The van der Waals surface area contributed by atoms with Crippen molar-refractivity contribution in [2.45, 2.75) is 5.88 Å². The lowest BCUT2D eigenvalue weighted by atomic mass is 10.1. The molecule has 0 atom stereocenters. The molecule has 0 radical (unpaired) electrons. The fourth-order valence-corrected chi connectivity index (χ4v) is 2.64. The predicted octanol–water partition coefficient (Wildman–Crippen LogP) is 5.67. The third kappa shape index (κ3) is 2.87. The van der Waals surface area contributed by atoms with Crippen molar-refractivity contribution in [3.8, 4) is 11.6 Å². The summed E-state index contributed by atoms with van der Waals surface area (Å²) >= 11 is 9.07. The zero-order valence-corrected chi connectivity index (χ0v) is 13.2. The Balaban J connectivity index is 2.06. The van der Waals surface area contributed by atoms with Crippen molar-refractivity contribution in [2.24, 2.45) is 0 Å². The number of nitrogens with zero attached hydrogens (tertiary/aromatic N) is 1. The number of pyridine rings is 1. The average Bonchev–Trinajstić information content (AvgIpc) is 2.51. The number of halogens is 3. The van der Waals surface area contributed by atoms with E-state index in [1.807, 2.05) is 24.3 Å².